The highest BCUT2D eigenvalue weighted by molar-refractivity contribution is 9.08. The molecule has 2 nitrogen and oxygen atoms in total. The van der Waals surface area contributed by atoms with Gasteiger partial charge in [0.2, 0.25) is 0 Å². The molecule has 2 aliphatic heterocycles. The van der Waals surface area contributed by atoms with Crippen LogP contribution in [0.25, 0.3) is 0 Å². The van der Waals surface area contributed by atoms with E-state index >= 15 is 0 Å². The Balaban J connectivity index is 1.83. The van der Waals surface area contributed by atoms with Gasteiger partial charge in [0, 0.05) is 24.5 Å². The van der Waals surface area contributed by atoms with E-state index in [9.17, 15) is 0 Å². The number of hydrogen-bond acceptors (Lipinski definition) is 2. The summed E-state index contributed by atoms with van der Waals surface area (Å²) in [6.07, 6.45) is 3.95. The average molecular weight is 358 g/mol. The zero-order valence-corrected chi connectivity index (χ0v) is 14.3. The topological polar surface area (TPSA) is 6.48 Å². The first-order chi connectivity index (χ1) is 9.70. The summed E-state index contributed by atoms with van der Waals surface area (Å²) in [6.45, 7) is 3.54. The third kappa shape index (κ3) is 2.72. The fourth-order valence-corrected chi connectivity index (χ4v) is 4.64. The molecule has 3 rings (SSSR count). The minimum Gasteiger partial charge on any atom is -0.370 e. The number of halogens is 2. The molecule has 2 unspecified atom stereocenters. The summed E-state index contributed by atoms with van der Waals surface area (Å²) in [5, 5.41) is 1.76. The van der Waals surface area contributed by atoms with E-state index < -0.39 is 0 Å². The van der Waals surface area contributed by atoms with E-state index in [0.717, 1.165) is 35.4 Å². The summed E-state index contributed by atoms with van der Waals surface area (Å²) in [4.78, 5) is 5.07. The van der Waals surface area contributed by atoms with Gasteiger partial charge in [-0.2, -0.15) is 0 Å². The zero-order valence-electron chi connectivity index (χ0n) is 12.0. The summed E-state index contributed by atoms with van der Waals surface area (Å²) < 4.78 is 0. The molecule has 0 aromatic heterocycles. The first kappa shape index (κ1) is 14.7. The minimum absolute atomic E-state index is 0.773. The van der Waals surface area contributed by atoms with Gasteiger partial charge in [0.05, 0.1) is 10.7 Å². The van der Waals surface area contributed by atoms with Crippen LogP contribution >= 0.6 is 27.5 Å². The monoisotopic (exact) mass is 356 g/mol. The maximum Gasteiger partial charge on any atom is 0.0642 e. The lowest BCUT2D eigenvalue weighted by molar-refractivity contribution is 0.102. The lowest BCUT2D eigenvalue weighted by atomic mass is 9.84. The third-order valence-electron chi connectivity index (χ3n) is 4.88. The molecule has 2 saturated heterocycles. The molecule has 2 atom stereocenters. The fourth-order valence-electron chi connectivity index (χ4n) is 3.88. The zero-order chi connectivity index (χ0) is 14.1. The summed E-state index contributed by atoms with van der Waals surface area (Å²) in [6, 6.07) is 7.01. The van der Waals surface area contributed by atoms with Crippen LogP contribution in [0.15, 0.2) is 18.2 Å². The second-order valence-corrected chi connectivity index (χ2v) is 7.03. The van der Waals surface area contributed by atoms with Crippen molar-refractivity contribution in [1.82, 2.24) is 4.90 Å². The summed E-state index contributed by atoms with van der Waals surface area (Å²) >= 11 is 10.1. The van der Waals surface area contributed by atoms with Crippen LogP contribution in [-0.4, -0.2) is 37.6 Å². The largest absolute Gasteiger partial charge is 0.370 e. The normalized spacial score (nSPS) is 27.4. The van der Waals surface area contributed by atoms with Crippen LogP contribution in [0.5, 0.6) is 0 Å². The van der Waals surface area contributed by atoms with Crippen molar-refractivity contribution in [2.24, 2.45) is 5.92 Å². The van der Waals surface area contributed by atoms with Crippen LogP contribution in [0.3, 0.4) is 0 Å². The number of para-hydroxylation sites is 1. The minimum atomic E-state index is 0.773. The van der Waals surface area contributed by atoms with Gasteiger partial charge in [0.25, 0.3) is 0 Å². The standard InChI is InChI=1S/C16H22BrClN2/c1-19-8-3-5-13-11-20(9-7-15(13)19)16-12(10-17)4-2-6-14(16)18/h2,4,6,13,15H,3,5,7-11H2,1H3. The molecule has 0 aliphatic carbocycles. The van der Waals surface area contributed by atoms with Crippen molar-refractivity contribution in [2.75, 3.05) is 31.6 Å². The van der Waals surface area contributed by atoms with Gasteiger partial charge in [0.1, 0.15) is 0 Å². The van der Waals surface area contributed by atoms with Crippen LogP contribution in [-0.2, 0) is 5.33 Å². The molecule has 2 heterocycles. The molecule has 0 amide bonds. The number of rotatable bonds is 2. The van der Waals surface area contributed by atoms with Crippen molar-refractivity contribution < 1.29 is 0 Å². The number of nitrogens with zero attached hydrogens (tertiary/aromatic N) is 2. The summed E-state index contributed by atoms with van der Waals surface area (Å²) in [7, 11) is 2.28. The Labute approximate surface area is 135 Å². The molecule has 0 bridgehead atoms. The Morgan fingerprint density at radius 3 is 2.95 bits per heavy atom. The van der Waals surface area contributed by atoms with Crippen LogP contribution in [0, 0.1) is 5.92 Å². The Kier molecular flexibility index (Phi) is 4.58. The van der Waals surface area contributed by atoms with Gasteiger partial charge >= 0.3 is 0 Å². The van der Waals surface area contributed by atoms with E-state index in [-0.39, 0.29) is 0 Å². The summed E-state index contributed by atoms with van der Waals surface area (Å²) in [5.41, 5.74) is 2.55. The average Bonchev–Trinajstić information content (AvgIpc) is 2.47. The van der Waals surface area contributed by atoms with Gasteiger partial charge in [-0.3, -0.25) is 0 Å². The molecule has 4 heteroatoms. The van der Waals surface area contributed by atoms with Gasteiger partial charge < -0.3 is 9.80 Å². The summed E-state index contributed by atoms with van der Waals surface area (Å²) in [5.74, 6) is 0.793. The van der Waals surface area contributed by atoms with E-state index in [1.807, 2.05) is 12.1 Å². The highest BCUT2D eigenvalue weighted by Crippen LogP contribution is 2.37. The number of likely N-dealkylation sites (tertiary alicyclic amines) is 1. The van der Waals surface area contributed by atoms with Gasteiger partial charge in [0.15, 0.2) is 0 Å². The number of alkyl halides is 1. The molecule has 2 aliphatic rings. The highest BCUT2D eigenvalue weighted by Gasteiger charge is 2.35. The Hall–Kier alpha value is -0.250. The van der Waals surface area contributed by atoms with E-state index in [0.29, 0.717) is 0 Å². The van der Waals surface area contributed by atoms with Crippen LogP contribution in [0.1, 0.15) is 24.8 Å². The van der Waals surface area contributed by atoms with Crippen molar-refractivity contribution >= 4 is 33.2 Å². The Bertz CT molecular complexity index is 480. The van der Waals surface area contributed by atoms with E-state index in [4.69, 9.17) is 11.6 Å². The van der Waals surface area contributed by atoms with Crippen LogP contribution in [0.2, 0.25) is 5.02 Å². The molecule has 2 fully saturated rings. The quantitative estimate of drug-likeness (QED) is 0.733. The van der Waals surface area contributed by atoms with Gasteiger partial charge in [-0.05, 0) is 50.4 Å². The number of fused-ring (bicyclic) bond motifs is 1. The molecule has 1 aromatic carbocycles. The van der Waals surface area contributed by atoms with Crippen LogP contribution in [0.4, 0.5) is 5.69 Å². The molecule has 0 spiro atoms. The predicted molar refractivity (Wildman–Crippen MR) is 90.1 cm³/mol. The first-order valence-corrected chi connectivity index (χ1v) is 8.99. The maximum absolute atomic E-state index is 6.47. The second kappa shape index (κ2) is 6.25. The second-order valence-electron chi connectivity index (χ2n) is 6.07. The van der Waals surface area contributed by atoms with Gasteiger partial charge in [-0.25, -0.2) is 0 Å². The van der Waals surface area contributed by atoms with Crippen molar-refractivity contribution in [3.8, 4) is 0 Å². The Morgan fingerprint density at radius 2 is 2.15 bits per heavy atom. The van der Waals surface area contributed by atoms with Crippen LogP contribution < -0.4 is 4.90 Å². The molecule has 20 heavy (non-hydrogen) atoms. The lowest BCUT2D eigenvalue weighted by Gasteiger charge is -2.47. The fraction of sp³-hybridized carbons (Fsp3) is 0.625. The highest BCUT2D eigenvalue weighted by atomic mass is 79.9. The maximum atomic E-state index is 6.47. The molecule has 110 valence electrons. The SMILES string of the molecule is CN1CCCC2CN(c3c(Cl)cccc3CBr)CCC21. The van der Waals surface area contributed by atoms with Crippen molar-refractivity contribution in [3.05, 3.63) is 28.8 Å². The first-order valence-electron chi connectivity index (χ1n) is 7.49. The van der Waals surface area contributed by atoms with Gasteiger partial charge in [-0.1, -0.05) is 39.7 Å². The number of anilines is 1. The molecular weight excluding hydrogens is 336 g/mol. The Morgan fingerprint density at radius 1 is 1.30 bits per heavy atom. The molecule has 0 N–H and O–H groups in total. The predicted octanol–water partition coefficient (Wildman–Crippen LogP) is 4.16. The number of benzene rings is 1. The van der Waals surface area contributed by atoms with E-state index in [1.165, 1.54) is 37.1 Å². The molecular formula is C16H22BrClN2. The van der Waals surface area contributed by atoms with E-state index in [1.54, 1.807) is 0 Å². The molecule has 0 saturated carbocycles. The van der Waals surface area contributed by atoms with E-state index in [2.05, 4.69) is 38.8 Å². The van der Waals surface area contributed by atoms with Crippen molar-refractivity contribution in [2.45, 2.75) is 30.6 Å². The lowest BCUT2D eigenvalue weighted by Crippen LogP contribution is -2.52. The third-order valence-corrected chi connectivity index (χ3v) is 5.79. The smallest absolute Gasteiger partial charge is 0.0642 e. The van der Waals surface area contributed by atoms with Crippen molar-refractivity contribution in [3.63, 3.8) is 0 Å². The number of hydrogen-bond donors (Lipinski definition) is 0. The molecule has 1 aromatic rings. The number of piperidine rings is 2. The van der Waals surface area contributed by atoms with Gasteiger partial charge in [-0.15, -0.1) is 0 Å². The molecule has 0 radical (unpaired) electrons. The van der Waals surface area contributed by atoms with Crippen molar-refractivity contribution in [1.29, 1.82) is 0 Å².